The van der Waals surface area contributed by atoms with Gasteiger partial charge < -0.3 is 20.7 Å². The molecular weight excluding hydrogens is 429 g/mol. The molecular formula is C21H21Cl2N3O4. The zero-order chi connectivity index (χ0) is 21.8. The number of esters is 1. The van der Waals surface area contributed by atoms with E-state index in [-0.39, 0.29) is 31.2 Å². The summed E-state index contributed by atoms with van der Waals surface area (Å²) in [6, 6.07) is 11.0. The Morgan fingerprint density at radius 1 is 1.23 bits per heavy atom. The molecule has 7 nitrogen and oxygen atoms in total. The second kappa shape index (κ2) is 9.36. The van der Waals surface area contributed by atoms with Crippen LogP contribution in [0.3, 0.4) is 0 Å². The smallest absolute Gasteiger partial charge is 0.307 e. The number of nitrogens with one attached hydrogen (secondary N) is 1. The summed E-state index contributed by atoms with van der Waals surface area (Å²) in [6.07, 6.45) is -0.0413. The van der Waals surface area contributed by atoms with E-state index in [1.807, 2.05) is 0 Å². The third kappa shape index (κ3) is 5.23. The molecule has 3 rings (SSSR count). The van der Waals surface area contributed by atoms with Crippen LogP contribution in [0.5, 0.6) is 0 Å². The number of halogens is 2. The predicted molar refractivity (Wildman–Crippen MR) is 115 cm³/mol. The normalized spacial score (nSPS) is 17.0. The number of hydrogen-bond acceptors (Lipinski definition) is 5. The number of carbonyl (C=O) groups excluding carboxylic acids is 3. The molecule has 2 atom stereocenters. The number of rotatable bonds is 6. The number of nitrogens with two attached hydrogens (primary N) is 1. The van der Waals surface area contributed by atoms with Crippen LogP contribution >= 0.6 is 23.2 Å². The van der Waals surface area contributed by atoms with Gasteiger partial charge in [0.2, 0.25) is 11.8 Å². The van der Waals surface area contributed by atoms with Crippen LogP contribution in [-0.4, -0.2) is 31.4 Å². The zero-order valence-electron chi connectivity index (χ0n) is 16.2. The molecule has 9 heteroatoms. The summed E-state index contributed by atoms with van der Waals surface area (Å²) in [5, 5.41) is 3.60. The summed E-state index contributed by atoms with van der Waals surface area (Å²) in [4.78, 5) is 38.8. The van der Waals surface area contributed by atoms with Crippen LogP contribution in [0.25, 0.3) is 0 Å². The van der Waals surface area contributed by atoms with E-state index in [0.29, 0.717) is 27.0 Å². The summed E-state index contributed by atoms with van der Waals surface area (Å²) >= 11 is 12.1. The number of nitrogen functional groups attached to an aromatic ring is 1. The summed E-state index contributed by atoms with van der Waals surface area (Å²) < 4.78 is 4.74. The van der Waals surface area contributed by atoms with Crippen molar-refractivity contribution in [3.05, 3.63) is 58.1 Å². The van der Waals surface area contributed by atoms with E-state index < -0.39 is 17.9 Å². The molecule has 0 aliphatic carbocycles. The van der Waals surface area contributed by atoms with Gasteiger partial charge in [0.05, 0.1) is 25.5 Å². The van der Waals surface area contributed by atoms with Gasteiger partial charge in [0.25, 0.3) is 0 Å². The second-order valence-electron chi connectivity index (χ2n) is 7.04. The van der Waals surface area contributed by atoms with Gasteiger partial charge in [-0.2, -0.15) is 0 Å². The number of amides is 2. The van der Waals surface area contributed by atoms with Crippen molar-refractivity contribution >= 4 is 52.4 Å². The highest BCUT2D eigenvalue weighted by Gasteiger charge is 2.36. The zero-order valence-corrected chi connectivity index (χ0v) is 17.7. The number of anilines is 2. The van der Waals surface area contributed by atoms with Crippen LogP contribution in [0.4, 0.5) is 11.4 Å². The van der Waals surface area contributed by atoms with Gasteiger partial charge in [-0.3, -0.25) is 14.4 Å². The minimum Gasteiger partial charge on any atom is -0.469 e. The molecule has 0 spiro atoms. The molecule has 1 fully saturated rings. The maximum atomic E-state index is 12.9. The first kappa shape index (κ1) is 21.9. The molecule has 0 unspecified atom stereocenters. The van der Waals surface area contributed by atoms with E-state index in [4.69, 9.17) is 33.7 Å². The van der Waals surface area contributed by atoms with Crippen LogP contribution in [0.15, 0.2) is 42.5 Å². The van der Waals surface area contributed by atoms with Crippen LogP contribution < -0.4 is 16.0 Å². The average Bonchev–Trinajstić information content (AvgIpc) is 3.08. The van der Waals surface area contributed by atoms with Crippen LogP contribution in [0, 0.1) is 5.92 Å². The van der Waals surface area contributed by atoms with Gasteiger partial charge in [0.1, 0.15) is 0 Å². The van der Waals surface area contributed by atoms with Gasteiger partial charge in [-0.05, 0) is 42.0 Å². The van der Waals surface area contributed by atoms with Crippen molar-refractivity contribution in [2.75, 3.05) is 24.3 Å². The van der Waals surface area contributed by atoms with Gasteiger partial charge in [-0.25, -0.2) is 0 Å². The molecule has 158 valence electrons. The van der Waals surface area contributed by atoms with Crippen molar-refractivity contribution in [1.29, 1.82) is 0 Å². The highest BCUT2D eigenvalue weighted by Crippen LogP contribution is 2.29. The largest absolute Gasteiger partial charge is 0.469 e. The van der Waals surface area contributed by atoms with E-state index in [0.717, 1.165) is 0 Å². The number of methoxy groups -OCH3 is 1. The minimum absolute atomic E-state index is 0.0574. The van der Waals surface area contributed by atoms with Crippen molar-refractivity contribution in [3.8, 4) is 0 Å². The Kier molecular flexibility index (Phi) is 6.84. The van der Waals surface area contributed by atoms with Gasteiger partial charge >= 0.3 is 5.97 Å². The lowest BCUT2D eigenvalue weighted by molar-refractivity contribution is -0.141. The molecule has 0 bridgehead atoms. The number of ether oxygens (including phenoxy) is 1. The maximum absolute atomic E-state index is 12.9. The molecule has 0 saturated carbocycles. The van der Waals surface area contributed by atoms with Crippen LogP contribution in [-0.2, 0) is 19.1 Å². The minimum atomic E-state index is -0.697. The molecule has 2 amide bonds. The highest BCUT2D eigenvalue weighted by atomic mass is 35.5. The fourth-order valence-electron chi connectivity index (χ4n) is 3.39. The van der Waals surface area contributed by atoms with E-state index in [9.17, 15) is 14.4 Å². The molecule has 1 saturated heterocycles. The van der Waals surface area contributed by atoms with Crippen molar-refractivity contribution in [3.63, 3.8) is 0 Å². The molecule has 2 aromatic carbocycles. The van der Waals surface area contributed by atoms with Gasteiger partial charge in [-0.15, -0.1) is 0 Å². The quantitative estimate of drug-likeness (QED) is 0.519. The summed E-state index contributed by atoms with van der Waals surface area (Å²) in [5.41, 5.74) is 7.54. The first-order chi connectivity index (χ1) is 14.3. The summed E-state index contributed by atoms with van der Waals surface area (Å²) in [6.45, 7) is 0.218. The molecule has 30 heavy (non-hydrogen) atoms. The van der Waals surface area contributed by atoms with E-state index >= 15 is 0 Å². The summed E-state index contributed by atoms with van der Waals surface area (Å²) in [5.74, 6) is -1.59. The topological polar surface area (TPSA) is 102 Å². The monoisotopic (exact) mass is 449 g/mol. The van der Waals surface area contributed by atoms with Gasteiger partial charge in [0.15, 0.2) is 0 Å². The standard InChI is InChI=1S/C21H21Cl2N3O4/c1-30-20(28)10-18(12-5-14(22)8-15(23)6-12)25-21(29)13-7-19(27)26(11-13)17-4-2-3-16(24)9-17/h2-6,8-9,13,18H,7,10-11,24H2,1H3,(H,25,29)/t13-,18-/m1/s1. The Balaban J connectivity index is 1.77. The van der Waals surface area contributed by atoms with E-state index in [1.54, 1.807) is 42.5 Å². The van der Waals surface area contributed by atoms with Crippen LogP contribution in [0.2, 0.25) is 10.0 Å². The highest BCUT2D eigenvalue weighted by molar-refractivity contribution is 6.34. The molecule has 2 aromatic rings. The van der Waals surface area contributed by atoms with Gasteiger partial charge in [0, 0.05) is 34.4 Å². The number of carbonyl (C=O) groups is 3. The number of hydrogen-bond donors (Lipinski definition) is 2. The predicted octanol–water partition coefficient (Wildman–Crippen LogP) is 3.35. The van der Waals surface area contributed by atoms with Crippen molar-refractivity contribution in [2.24, 2.45) is 5.92 Å². The Morgan fingerprint density at radius 2 is 1.93 bits per heavy atom. The lowest BCUT2D eigenvalue weighted by Gasteiger charge is -2.21. The lowest BCUT2D eigenvalue weighted by Crippen LogP contribution is -2.36. The lowest BCUT2D eigenvalue weighted by atomic mass is 10.0. The molecule has 1 aliphatic rings. The molecule has 3 N–H and O–H groups in total. The third-order valence-corrected chi connectivity index (χ3v) is 5.32. The molecule has 0 aromatic heterocycles. The van der Waals surface area contributed by atoms with E-state index in [1.165, 1.54) is 12.0 Å². The van der Waals surface area contributed by atoms with Crippen LogP contribution in [0.1, 0.15) is 24.4 Å². The van der Waals surface area contributed by atoms with Crippen molar-refractivity contribution in [2.45, 2.75) is 18.9 Å². The SMILES string of the molecule is COC(=O)C[C@@H](NC(=O)[C@@H]1CC(=O)N(c2cccc(N)c2)C1)c1cc(Cl)cc(Cl)c1. The Hall–Kier alpha value is -2.77. The average molecular weight is 450 g/mol. The first-order valence-electron chi connectivity index (χ1n) is 9.26. The fraction of sp³-hybridized carbons (Fsp3) is 0.286. The second-order valence-corrected chi connectivity index (χ2v) is 7.92. The number of benzene rings is 2. The molecule has 0 radical (unpaired) electrons. The molecule has 1 heterocycles. The summed E-state index contributed by atoms with van der Waals surface area (Å²) in [7, 11) is 1.27. The molecule has 1 aliphatic heterocycles. The van der Waals surface area contributed by atoms with Crippen molar-refractivity contribution < 1.29 is 19.1 Å². The maximum Gasteiger partial charge on any atom is 0.307 e. The Morgan fingerprint density at radius 3 is 2.57 bits per heavy atom. The third-order valence-electron chi connectivity index (χ3n) is 4.88. The van der Waals surface area contributed by atoms with Gasteiger partial charge in [-0.1, -0.05) is 29.3 Å². The van der Waals surface area contributed by atoms with Crippen molar-refractivity contribution in [1.82, 2.24) is 5.32 Å². The first-order valence-corrected chi connectivity index (χ1v) is 10.0. The Bertz CT molecular complexity index is 962. The number of nitrogens with zero attached hydrogens (tertiary/aromatic N) is 1. The fourth-order valence-corrected chi connectivity index (χ4v) is 3.94. The Labute approximate surface area is 184 Å². The van der Waals surface area contributed by atoms with E-state index in [2.05, 4.69) is 5.32 Å².